The Labute approximate surface area is 44.1 Å². The van der Waals surface area contributed by atoms with Crippen molar-refractivity contribution in [3.8, 4) is 0 Å². The molecule has 0 amide bonds. The van der Waals surface area contributed by atoms with Crippen LogP contribution >= 0.6 is 0 Å². The molecule has 0 aliphatic rings. The van der Waals surface area contributed by atoms with Crippen LogP contribution in [0.1, 0.15) is 6.42 Å². The van der Waals surface area contributed by atoms with Gasteiger partial charge >= 0.3 is 43.0 Å². The minimum atomic E-state index is 0.619. The molecule has 40 valence electrons. The standard InChI is InChI=1S/C4H9BO2/c1-7-4-2-3-5-6/h2-4H2,1H3. The molecule has 0 N–H and O–H groups in total. The van der Waals surface area contributed by atoms with Gasteiger partial charge in [-0.2, -0.15) is 0 Å². The fraction of sp³-hybridized carbons (Fsp3) is 1.00. The van der Waals surface area contributed by atoms with Crippen LogP contribution in [0.5, 0.6) is 0 Å². The van der Waals surface area contributed by atoms with Crippen molar-refractivity contribution in [2.75, 3.05) is 13.7 Å². The van der Waals surface area contributed by atoms with E-state index >= 15 is 0 Å². The maximum absolute atomic E-state index is 9.62. The first-order chi connectivity index (χ1) is 3.41. The summed E-state index contributed by atoms with van der Waals surface area (Å²) in [5.74, 6) is 0. The van der Waals surface area contributed by atoms with Crippen LogP contribution in [0.3, 0.4) is 0 Å². The SMILES string of the molecule is COCCCB=O. The Morgan fingerprint density at radius 3 is 2.86 bits per heavy atom. The van der Waals surface area contributed by atoms with Gasteiger partial charge in [-0.15, -0.1) is 0 Å². The predicted molar refractivity (Wildman–Crippen MR) is 27.7 cm³/mol. The van der Waals surface area contributed by atoms with Crippen molar-refractivity contribution >= 4 is 7.15 Å². The van der Waals surface area contributed by atoms with Crippen molar-refractivity contribution in [1.29, 1.82) is 0 Å². The van der Waals surface area contributed by atoms with E-state index in [0.29, 0.717) is 12.9 Å². The first-order valence-corrected chi connectivity index (χ1v) is 2.34. The molecule has 0 atom stereocenters. The van der Waals surface area contributed by atoms with Crippen LogP contribution in [0.15, 0.2) is 0 Å². The molecular formula is C4H9BO2. The van der Waals surface area contributed by atoms with Crippen LogP contribution in [0.25, 0.3) is 0 Å². The summed E-state index contributed by atoms with van der Waals surface area (Å²) in [4.78, 5) is 0. The van der Waals surface area contributed by atoms with Gasteiger partial charge in [0.1, 0.15) is 0 Å². The van der Waals surface area contributed by atoms with Crippen molar-refractivity contribution < 1.29 is 9.44 Å². The summed E-state index contributed by atoms with van der Waals surface area (Å²) in [5, 5.41) is 0. The molecule has 0 aliphatic heterocycles. The van der Waals surface area contributed by atoms with E-state index in [1.165, 1.54) is 0 Å². The van der Waals surface area contributed by atoms with E-state index in [0.717, 1.165) is 13.6 Å². The van der Waals surface area contributed by atoms with Gasteiger partial charge in [0.25, 0.3) is 0 Å². The van der Waals surface area contributed by atoms with Crippen molar-refractivity contribution in [2.24, 2.45) is 0 Å². The summed E-state index contributed by atoms with van der Waals surface area (Å²) < 4.78 is 14.3. The summed E-state index contributed by atoms with van der Waals surface area (Å²) in [6.45, 7) is 0.693. The van der Waals surface area contributed by atoms with Gasteiger partial charge in [0.05, 0.1) is 0 Å². The Bertz CT molecular complexity index is 47.0. The van der Waals surface area contributed by atoms with Gasteiger partial charge in [0.2, 0.25) is 0 Å². The van der Waals surface area contributed by atoms with Gasteiger partial charge in [-0.25, -0.2) is 0 Å². The molecule has 0 heterocycles. The van der Waals surface area contributed by atoms with Gasteiger partial charge in [-0.1, -0.05) is 0 Å². The van der Waals surface area contributed by atoms with Crippen LogP contribution in [0.2, 0.25) is 6.32 Å². The molecule has 0 spiro atoms. The molecule has 0 radical (unpaired) electrons. The predicted octanol–water partition coefficient (Wildman–Crippen LogP) is 0.491. The van der Waals surface area contributed by atoms with Gasteiger partial charge < -0.3 is 0 Å². The maximum atomic E-state index is 9.62. The summed E-state index contributed by atoms with van der Waals surface area (Å²) >= 11 is 0. The summed E-state index contributed by atoms with van der Waals surface area (Å²) in [5.41, 5.74) is 0. The van der Waals surface area contributed by atoms with Gasteiger partial charge in [0, 0.05) is 0 Å². The fourth-order valence-electron chi connectivity index (χ4n) is 0.311. The zero-order valence-corrected chi connectivity index (χ0v) is 4.52. The third kappa shape index (κ3) is 5.82. The molecule has 0 saturated heterocycles. The second-order valence-corrected chi connectivity index (χ2v) is 1.30. The van der Waals surface area contributed by atoms with E-state index in [1.54, 1.807) is 7.11 Å². The summed E-state index contributed by atoms with van der Waals surface area (Å²) in [7, 11) is 2.53. The zero-order valence-electron chi connectivity index (χ0n) is 4.52. The number of methoxy groups -OCH3 is 1. The zero-order chi connectivity index (χ0) is 5.54. The number of ether oxygens (including phenoxy) is 1. The van der Waals surface area contributed by atoms with Crippen LogP contribution in [0.4, 0.5) is 0 Å². The first kappa shape index (κ1) is 6.82. The quantitative estimate of drug-likeness (QED) is 0.379. The number of hydrogen-bond donors (Lipinski definition) is 0. The van der Waals surface area contributed by atoms with E-state index < -0.39 is 0 Å². The van der Waals surface area contributed by atoms with E-state index in [2.05, 4.69) is 4.74 Å². The second kappa shape index (κ2) is 5.82. The molecule has 0 saturated carbocycles. The van der Waals surface area contributed by atoms with Gasteiger partial charge in [0.15, 0.2) is 0 Å². The Balaban J connectivity index is 2.56. The Kier molecular flexibility index (Phi) is 5.68. The topological polar surface area (TPSA) is 26.3 Å². The van der Waals surface area contributed by atoms with E-state index in [9.17, 15) is 4.70 Å². The monoisotopic (exact) mass is 100 g/mol. The normalized spacial score (nSPS) is 8.14. The molecule has 2 nitrogen and oxygen atoms in total. The Morgan fingerprint density at radius 2 is 2.43 bits per heavy atom. The summed E-state index contributed by atoms with van der Waals surface area (Å²) in [6.07, 6.45) is 1.47. The van der Waals surface area contributed by atoms with E-state index in [-0.39, 0.29) is 0 Å². The fourth-order valence-corrected chi connectivity index (χ4v) is 0.311. The van der Waals surface area contributed by atoms with E-state index in [4.69, 9.17) is 0 Å². The molecule has 0 unspecified atom stereocenters. The number of hydrogen-bond acceptors (Lipinski definition) is 2. The molecule has 7 heavy (non-hydrogen) atoms. The molecule has 0 aromatic rings. The molecule has 0 fully saturated rings. The van der Waals surface area contributed by atoms with Gasteiger partial charge in [-0.3, -0.25) is 0 Å². The van der Waals surface area contributed by atoms with Crippen molar-refractivity contribution in [1.82, 2.24) is 0 Å². The van der Waals surface area contributed by atoms with E-state index in [1.807, 2.05) is 0 Å². The Hall–Kier alpha value is -0.175. The molecule has 0 aromatic heterocycles. The third-order valence-electron chi connectivity index (χ3n) is 0.670. The minimum absolute atomic E-state index is 0.619. The third-order valence-corrected chi connectivity index (χ3v) is 0.670. The number of rotatable bonds is 4. The van der Waals surface area contributed by atoms with Crippen LogP contribution < -0.4 is 0 Å². The average Bonchev–Trinajstić information content (AvgIpc) is 1.69. The molecule has 3 heteroatoms. The van der Waals surface area contributed by atoms with Crippen molar-refractivity contribution in [3.63, 3.8) is 0 Å². The van der Waals surface area contributed by atoms with Crippen LogP contribution in [-0.2, 0) is 9.44 Å². The molecule has 0 rings (SSSR count). The van der Waals surface area contributed by atoms with Crippen LogP contribution in [0, 0.1) is 0 Å². The molecule has 0 bridgehead atoms. The molecule has 0 aliphatic carbocycles. The average molecular weight is 99.9 g/mol. The summed E-state index contributed by atoms with van der Waals surface area (Å²) in [6, 6.07) is 0. The molecule has 0 aromatic carbocycles. The van der Waals surface area contributed by atoms with Crippen molar-refractivity contribution in [2.45, 2.75) is 12.7 Å². The van der Waals surface area contributed by atoms with Gasteiger partial charge in [-0.05, 0) is 0 Å². The van der Waals surface area contributed by atoms with Crippen molar-refractivity contribution in [3.05, 3.63) is 0 Å². The Morgan fingerprint density at radius 1 is 1.71 bits per heavy atom. The second-order valence-electron chi connectivity index (χ2n) is 1.30. The van der Waals surface area contributed by atoms with Crippen LogP contribution in [-0.4, -0.2) is 20.9 Å². The molecular weight excluding hydrogens is 90.9 g/mol. The first-order valence-electron chi connectivity index (χ1n) is 2.34.